The van der Waals surface area contributed by atoms with Crippen molar-refractivity contribution in [2.45, 2.75) is 6.92 Å². The summed E-state index contributed by atoms with van der Waals surface area (Å²) in [5, 5.41) is 7.11. The summed E-state index contributed by atoms with van der Waals surface area (Å²) >= 11 is 0. The Morgan fingerprint density at radius 1 is 1.47 bits per heavy atom. The summed E-state index contributed by atoms with van der Waals surface area (Å²) in [6, 6.07) is 3.27. The molecule has 0 saturated heterocycles. The smallest absolute Gasteiger partial charge is 0.162 e. The lowest BCUT2D eigenvalue weighted by Gasteiger charge is -2.11. The van der Waals surface area contributed by atoms with Crippen molar-refractivity contribution in [1.82, 2.24) is 0 Å². The van der Waals surface area contributed by atoms with Crippen LogP contribution in [0.1, 0.15) is 6.92 Å². The molecule has 1 aromatic rings. The van der Waals surface area contributed by atoms with Crippen LogP contribution in [-0.4, -0.2) is 12.4 Å². The molecule has 0 fully saturated rings. The largest absolute Gasteiger partial charge is 0.493 e. The number of amidine groups is 1. The first kappa shape index (κ1) is 11.4. The molecule has 0 aromatic heterocycles. The third-order valence-electron chi connectivity index (χ3n) is 1.92. The second-order valence-corrected chi connectivity index (χ2v) is 3.24. The number of hydrogen-bond donors (Lipinski definition) is 2. The van der Waals surface area contributed by atoms with Crippen molar-refractivity contribution in [3.63, 3.8) is 0 Å². The van der Waals surface area contributed by atoms with Crippen molar-refractivity contribution < 1.29 is 13.5 Å². The Morgan fingerprint density at radius 3 is 2.67 bits per heavy atom. The van der Waals surface area contributed by atoms with Crippen LogP contribution in [0.3, 0.4) is 0 Å². The van der Waals surface area contributed by atoms with Crippen LogP contribution in [0.2, 0.25) is 0 Å². The molecule has 0 saturated carbocycles. The van der Waals surface area contributed by atoms with Crippen molar-refractivity contribution in [1.29, 1.82) is 5.41 Å². The lowest BCUT2D eigenvalue weighted by atomic mass is 10.2. The second kappa shape index (κ2) is 4.72. The first-order valence-electron chi connectivity index (χ1n) is 4.42. The van der Waals surface area contributed by atoms with Crippen LogP contribution in [0, 0.1) is 23.0 Å². The van der Waals surface area contributed by atoms with Gasteiger partial charge in [0, 0.05) is 12.0 Å². The van der Waals surface area contributed by atoms with Crippen LogP contribution in [0.25, 0.3) is 0 Å². The molecule has 0 bridgehead atoms. The van der Waals surface area contributed by atoms with E-state index < -0.39 is 11.6 Å². The molecule has 0 amide bonds. The average Bonchev–Trinajstić information content (AvgIpc) is 2.19. The Kier molecular flexibility index (Phi) is 3.60. The van der Waals surface area contributed by atoms with Gasteiger partial charge in [-0.15, -0.1) is 0 Å². The van der Waals surface area contributed by atoms with Gasteiger partial charge in [-0.25, -0.2) is 8.78 Å². The first-order chi connectivity index (χ1) is 7.00. The zero-order valence-corrected chi connectivity index (χ0v) is 8.26. The van der Waals surface area contributed by atoms with Gasteiger partial charge in [0.25, 0.3) is 0 Å². The lowest BCUT2D eigenvalue weighted by Crippen LogP contribution is -2.25. The summed E-state index contributed by atoms with van der Waals surface area (Å²) in [7, 11) is 0. The molecule has 0 spiro atoms. The first-order valence-corrected chi connectivity index (χ1v) is 4.42. The molecule has 1 aromatic carbocycles. The van der Waals surface area contributed by atoms with Gasteiger partial charge in [-0.05, 0) is 12.1 Å². The third kappa shape index (κ3) is 3.19. The second-order valence-electron chi connectivity index (χ2n) is 3.24. The molecule has 0 aliphatic rings. The van der Waals surface area contributed by atoms with E-state index in [1.807, 2.05) is 0 Å². The van der Waals surface area contributed by atoms with E-state index in [0.717, 1.165) is 12.1 Å². The fourth-order valence-electron chi connectivity index (χ4n) is 0.878. The standard InChI is InChI=1S/C10H12F2N2O/c1-6(10(13)14)5-15-7-2-3-8(11)9(12)4-7/h2-4,6H,5H2,1H3,(H3,13,14). The molecule has 0 heterocycles. The van der Waals surface area contributed by atoms with E-state index in [0.29, 0.717) is 0 Å². The van der Waals surface area contributed by atoms with Gasteiger partial charge in [-0.3, -0.25) is 5.41 Å². The maximum atomic E-state index is 12.7. The Bertz CT molecular complexity index is 368. The topological polar surface area (TPSA) is 59.1 Å². The molecule has 1 unspecified atom stereocenters. The minimum absolute atomic E-state index is 0.00224. The summed E-state index contributed by atoms with van der Waals surface area (Å²) in [6.45, 7) is 1.88. The molecule has 3 nitrogen and oxygen atoms in total. The average molecular weight is 214 g/mol. The van der Waals surface area contributed by atoms with E-state index in [4.69, 9.17) is 15.9 Å². The summed E-state index contributed by atoms with van der Waals surface area (Å²) in [5.74, 6) is -1.90. The van der Waals surface area contributed by atoms with Crippen molar-refractivity contribution in [2.24, 2.45) is 11.7 Å². The minimum atomic E-state index is -0.956. The predicted octanol–water partition coefficient (Wildman–Crippen LogP) is 1.92. The van der Waals surface area contributed by atoms with Gasteiger partial charge in [0.1, 0.15) is 5.75 Å². The number of nitrogens with one attached hydrogen (secondary N) is 1. The van der Waals surface area contributed by atoms with E-state index in [2.05, 4.69) is 0 Å². The van der Waals surface area contributed by atoms with Crippen molar-refractivity contribution >= 4 is 5.84 Å². The molecule has 1 rings (SSSR count). The monoisotopic (exact) mass is 214 g/mol. The van der Waals surface area contributed by atoms with Crippen LogP contribution in [0.5, 0.6) is 5.75 Å². The van der Waals surface area contributed by atoms with Gasteiger partial charge in [-0.1, -0.05) is 6.92 Å². The van der Waals surface area contributed by atoms with Gasteiger partial charge in [0.05, 0.1) is 12.4 Å². The lowest BCUT2D eigenvalue weighted by molar-refractivity contribution is 0.289. The van der Waals surface area contributed by atoms with E-state index in [1.165, 1.54) is 6.07 Å². The summed E-state index contributed by atoms with van der Waals surface area (Å²) < 4.78 is 30.4. The van der Waals surface area contributed by atoms with Gasteiger partial charge in [-0.2, -0.15) is 0 Å². The Morgan fingerprint density at radius 2 is 2.13 bits per heavy atom. The molecule has 0 aliphatic carbocycles. The SMILES string of the molecule is CC(COc1ccc(F)c(F)c1)C(=N)N. The van der Waals surface area contributed by atoms with Crippen LogP contribution < -0.4 is 10.5 Å². The van der Waals surface area contributed by atoms with Crippen LogP contribution in [0.4, 0.5) is 8.78 Å². The van der Waals surface area contributed by atoms with Crippen LogP contribution >= 0.6 is 0 Å². The summed E-state index contributed by atoms with van der Waals surface area (Å²) in [5.41, 5.74) is 5.22. The van der Waals surface area contributed by atoms with E-state index in [-0.39, 0.29) is 24.1 Å². The van der Waals surface area contributed by atoms with Gasteiger partial charge in [0.15, 0.2) is 11.6 Å². The maximum absolute atomic E-state index is 12.7. The molecule has 3 N–H and O–H groups in total. The third-order valence-corrected chi connectivity index (χ3v) is 1.92. The Labute approximate surface area is 86.4 Å². The van der Waals surface area contributed by atoms with Gasteiger partial charge < -0.3 is 10.5 Å². The maximum Gasteiger partial charge on any atom is 0.162 e. The van der Waals surface area contributed by atoms with Crippen LogP contribution in [0.15, 0.2) is 18.2 Å². The quantitative estimate of drug-likeness (QED) is 0.594. The molecule has 1 atom stereocenters. The fourth-order valence-corrected chi connectivity index (χ4v) is 0.878. The predicted molar refractivity (Wildman–Crippen MR) is 52.9 cm³/mol. The zero-order chi connectivity index (χ0) is 11.4. The molecular weight excluding hydrogens is 202 g/mol. The van der Waals surface area contributed by atoms with Crippen molar-refractivity contribution in [3.8, 4) is 5.75 Å². The minimum Gasteiger partial charge on any atom is -0.493 e. The number of ether oxygens (including phenoxy) is 1. The molecule has 0 aliphatic heterocycles. The summed E-state index contributed by atoms with van der Waals surface area (Å²) in [6.07, 6.45) is 0. The number of rotatable bonds is 4. The number of benzene rings is 1. The summed E-state index contributed by atoms with van der Waals surface area (Å²) in [4.78, 5) is 0. The number of halogens is 2. The highest BCUT2D eigenvalue weighted by molar-refractivity contribution is 5.79. The highest BCUT2D eigenvalue weighted by Crippen LogP contribution is 2.15. The molecular formula is C10H12F2N2O. The van der Waals surface area contributed by atoms with E-state index in [9.17, 15) is 8.78 Å². The van der Waals surface area contributed by atoms with E-state index >= 15 is 0 Å². The van der Waals surface area contributed by atoms with Crippen LogP contribution in [-0.2, 0) is 0 Å². The van der Waals surface area contributed by atoms with Gasteiger partial charge in [0.2, 0.25) is 0 Å². The fraction of sp³-hybridized carbons (Fsp3) is 0.300. The van der Waals surface area contributed by atoms with Crippen molar-refractivity contribution in [3.05, 3.63) is 29.8 Å². The number of hydrogen-bond acceptors (Lipinski definition) is 2. The zero-order valence-electron chi connectivity index (χ0n) is 8.26. The van der Waals surface area contributed by atoms with Crippen molar-refractivity contribution in [2.75, 3.05) is 6.61 Å². The number of nitrogens with two attached hydrogens (primary N) is 1. The highest BCUT2D eigenvalue weighted by atomic mass is 19.2. The van der Waals surface area contributed by atoms with Gasteiger partial charge >= 0.3 is 0 Å². The molecule has 0 radical (unpaired) electrons. The highest BCUT2D eigenvalue weighted by Gasteiger charge is 2.07. The Hall–Kier alpha value is -1.65. The molecule has 15 heavy (non-hydrogen) atoms. The Balaban J connectivity index is 2.58. The normalized spacial score (nSPS) is 12.2. The van der Waals surface area contributed by atoms with E-state index in [1.54, 1.807) is 6.92 Å². The molecule has 82 valence electrons. The molecule has 5 heteroatoms.